The Morgan fingerprint density at radius 1 is 1.50 bits per heavy atom. The number of amides is 1. The molecule has 0 aliphatic heterocycles. The van der Waals surface area contributed by atoms with Crippen LogP contribution in [-0.2, 0) is 4.79 Å². The average molecular weight is 186 g/mol. The van der Waals surface area contributed by atoms with Crippen molar-refractivity contribution in [1.82, 2.24) is 15.0 Å². The monoisotopic (exact) mass is 186 g/mol. The summed E-state index contributed by atoms with van der Waals surface area (Å²) >= 11 is 0. The predicted octanol–water partition coefficient (Wildman–Crippen LogP) is -0.205. The number of carbonyl (C=O) groups is 1. The Morgan fingerprint density at radius 3 is 3.14 bits per heavy atom. The number of nitrogens with two attached hydrogens (primary N) is 1. The number of nitrogens with one attached hydrogen (secondary N) is 1. The molecule has 0 unspecified atom stereocenters. The van der Waals surface area contributed by atoms with E-state index in [1.807, 2.05) is 0 Å². The highest BCUT2D eigenvalue weighted by atomic mass is 16.1. The molecule has 0 spiro atoms. The van der Waals surface area contributed by atoms with Crippen molar-refractivity contribution in [2.45, 2.75) is 0 Å². The Balaban J connectivity index is 2.45. The summed E-state index contributed by atoms with van der Waals surface area (Å²) in [5.74, 6) is 4.17. The molecule has 0 radical (unpaired) electrons. The molecule has 2 aromatic heterocycles. The quantitative estimate of drug-likeness (QED) is 0.558. The molecule has 3 N–H and O–H groups in total. The molecule has 0 saturated heterocycles. The lowest BCUT2D eigenvalue weighted by Gasteiger charge is -1.88. The molecule has 2 aromatic rings. The SMILES string of the molecule is NC(=O)C#Cc1cnc2nc[nH]c2c1. The fourth-order valence-electron chi connectivity index (χ4n) is 1.03. The van der Waals surface area contributed by atoms with E-state index in [1.165, 1.54) is 0 Å². The lowest BCUT2D eigenvalue weighted by Crippen LogP contribution is -2.06. The van der Waals surface area contributed by atoms with E-state index in [-0.39, 0.29) is 0 Å². The second-order valence-electron chi connectivity index (χ2n) is 2.61. The number of hydrogen-bond acceptors (Lipinski definition) is 3. The highest BCUT2D eigenvalue weighted by molar-refractivity contribution is 5.92. The summed E-state index contributed by atoms with van der Waals surface area (Å²) < 4.78 is 0. The molecule has 2 rings (SSSR count). The Kier molecular flexibility index (Phi) is 1.88. The molecule has 0 fully saturated rings. The molecular formula is C9H6N4O. The van der Waals surface area contributed by atoms with Gasteiger partial charge < -0.3 is 10.7 Å². The number of rotatable bonds is 0. The van der Waals surface area contributed by atoms with Crippen molar-refractivity contribution >= 4 is 17.1 Å². The molecule has 2 heterocycles. The van der Waals surface area contributed by atoms with Gasteiger partial charge in [-0.2, -0.15) is 0 Å². The van der Waals surface area contributed by atoms with Crippen molar-refractivity contribution in [2.24, 2.45) is 5.73 Å². The van der Waals surface area contributed by atoms with Gasteiger partial charge in [-0.05, 0) is 6.07 Å². The summed E-state index contributed by atoms with van der Waals surface area (Å²) in [6.07, 6.45) is 3.09. The molecular weight excluding hydrogens is 180 g/mol. The number of H-pyrrole nitrogens is 1. The van der Waals surface area contributed by atoms with Crippen LogP contribution in [0.4, 0.5) is 0 Å². The molecule has 0 aliphatic carbocycles. The zero-order valence-corrected chi connectivity index (χ0v) is 7.11. The maximum atomic E-state index is 10.4. The number of primary amides is 1. The fraction of sp³-hybridized carbons (Fsp3) is 0. The zero-order valence-electron chi connectivity index (χ0n) is 7.11. The zero-order chi connectivity index (χ0) is 9.97. The summed E-state index contributed by atoms with van der Waals surface area (Å²) in [5, 5.41) is 0. The van der Waals surface area contributed by atoms with Crippen LogP contribution < -0.4 is 5.73 Å². The van der Waals surface area contributed by atoms with Gasteiger partial charge in [0.2, 0.25) is 0 Å². The van der Waals surface area contributed by atoms with Gasteiger partial charge in [-0.25, -0.2) is 9.97 Å². The smallest absolute Gasteiger partial charge is 0.293 e. The van der Waals surface area contributed by atoms with Gasteiger partial charge in [0.15, 0.2) is 5.65 Å². The number of fused-ring (bicyclic) bond motifs is 1. The number of hydrogen-bond donors (Lipinski definition) is 2. The Labute approximate surface area is 79.4 Å². The Bertz CT molecular complexity index is 546. The first-order chi connectivity index (χ1) is 6.75. The van der Waals surface area contributed by atoms with Crippen LogP contribution in [-0.4, -0.2) is 20.9 Å². The van der Waals surface area contributed by atoms with Crippen LogP contribution in [0.1, 0.15) is 5.56 Å². The molecule has 0 aliphatic rings. The lowest BCUT2D eigenvalue weighted by atomic mass is 10.3. The van der Waals surface area contributed by atoms with Gasteiger partial charge in [0.25, 0.3) is 5.91 Å². The van der Waals surface area contributed by atoms with E-state index in [1.54, 1.807) is 18.6 Å². The average Bonchev–Trinajstić information content (AvgIpc) is 2.61. The van der Waals surface area contributed by atoms with Crippen molar-refractivity contribution in [3.63, 3.8) is 0 Å². The fourth-order valence-corrected chi connectivity index (χ4v) is 1.03. The summed E-state index contributed by atoms with van der Waals surface area (Å²) in [7, 11) is 0. The van der Waals surface area contributed by atoms with Gasteiger partial charge in [-0.1, -0.05) is 5.92 Å². The number of pyridine rings is 1. The third-order valence-corrected chi connectivity index (χ3v) is 1.60. The molecule has 0 atom stereocenters. The highest BCUT2D eigenvalue weighted by Crippen LogP contribution is 2.06. The van der Waals surface area contributed by atoms with Crippen molar-refractivity contribution < 1.29 is 4.79 Å². The topological polar surface area (TPSA) is 84.7 Å². The third kappa shape index (κ3) is 1.54. The highest BCUT2D eigenvalue weighted by Gasteiger charge is 1.96. The first kappa shape index (κ1) is 8.26. The van der Waals surface area contributed by atoms with Crippen LogP contribution in [0.25, 0.3) is 11.2 Å². The second kappa shape index (κ2) is 3.18. The van der Waals surface area contributed by atoms with Crippen LogP contribution in [0, 0.1) is 11.8 Å². The van der Waals surface area contributed by atoms with Crippen molar-refractivity contribution in [1.29, 1.82) is 0 Å². The minimum absolute atomic E-state index is 0.620. The molecule has 1 amide bonds. The van der Waals surface area contributed by atoms with E-state index in [2.05, 4.69) is 26.8 Å². The molecule has 5 heteroatoms. The van der Waals surface area contributed by atoms with Crippen molar-refractivity contribution in [3.8, 4) is 11.8 Å². The van der Waals surface area contributed by atoms with Crippen molar-refractivity contribution in [2.75, 3.05) is 0 Å². The lowest BCUT2D eigenvalue weighted by molar-refractivity contribution is -0.112. The largest absolute Gasteiger partial charge is 0.359 e. The first-order valence-electron chi connectivity index (χ1n) is 3.86. The van der Waals surface area contributed by atoms with Gasteiger partial charge in [0.05, 0.1) is 11.8 Å². The van der Waals surface area contributed by atoms with Gasteiger partial charge in [-0.15, -0.1) is 0 Å². The molecule has 0 bridgehead atoms. The number of aromatic nitrogens is 3. The van der Waals surface area contributed by atoms with Gasteiger partial charge in [0.1, 0.15) is 0 Å². The Morgan fingerprint density at radius 2 is 2.36 bits per heavy atom. The van der Waals surface area contributed by atoms with Crippen LogP contribution in [0.15, 0.2) is 18.6 Å². The normalized spacial score (nSPS) is 9.43. The third-order valence-electron chi connectivity index (χ3n) is 1.60. The molecule has 68 valence electrons. The number of nitrogens with zero attached hydrogens (tertiary/aromatic N) is 2. The second-order valence-corrected chi connectivity index (χ2v) is 2.61. The van der Waals surface area contributed by atoms with Crippen LogP contribution in [0.3, 0.4) is 0 Å². The van der Waals surface area contributed by atoms with Crippen LogP contribution in [0.2, 0.25) is 0 Å². The maximum Gasteiger partial charge on any atom is 0.293 e. The summed E-state index contributed by atoms with van der Waals surface area (Å²) in [4.78, 5) is 21.3. The minimum Gasteiger partial charge on any atom is -0.359 e. The molecule has 14 heavy (non-hydrogen) atoms. The number of aromatic amines is 1. The summed E-state index contributed by atoms with van der Waals surface area (Å²) in [6.45, 7) is 0. The van der Waals surface area contributed by atoms with Crippen LogP contribution in [0.5, 0.6) is 0 Å². The summed E-state index contributed by atoms with van der Waals surface area (Å²) in [5.41, 5.74) is 6.90. The van der Waals surface area contributed by atoms with Crippen LogP contribution >= 0.6 is 0 Å². The van der Waals surface area contributed by atoms with E-state index >= 15 is 0 Å². The standard InChI is InChI=1S/C9H6N4O/c10-8(14)2-1-6-3-7-9(11-4-6)13-5-12-7/h3-5H,(H2,10,14)(H,11,12,13). The number of imidazole rings is 1. The van der Waals surface area contributed by atoms with E-state index in [4.69, 9.17) is 5.73 Å². The first-order valence-corrected chi connectivity index (χ1v) is 3.86. The Hall–Kier alpha value is -2.35. The maximum absolute atomic E-state index is 10.4. The van der Waals surface area contributed by atoms with Gasteiger partial charge in [0, 0.05) is 17.7 Å². The summed E-state index contributed by atoms with van der Waals surface area (Å²) in [6, 6.07) is 1.76. The molecule has 5 nitrogen and oxygen atoms in total. The molecule has 0 aromatic carbocycles. The van der Waals surface area contributed by atoms with Crippen molar-refractivity contribution in [3.05, 3.63) is 24.2 Å². The molecule has 0 saturated carbocycles. The van der Waals surface area contributed by atoms with E-state index < -0.39 is 5.91 Å². The minimum atomic E-state index is -0.658. The predicted molar refractivity (Wildman–Crippen MR) is 50.0 cm³/mol. The van der Waals surface area contributed by atoms with E-state index in [9.17, 15) is 4.79 Å². The van der Waals surface area contributed by atoms with E-state index in [0.29, 0.717) is 11.2 Å². The van der Waals surface area contributed by atoms with E-state index in [0.717, 1.165) is 5.52 Å². The number of carbonyl (C=O) groups excluding carboxylic acids is 1. The van der Waals surface area contributed by atoms with Gasteiger partial charge in [-0.3, -0.25) is 4.79 Å². The van der Waals surface area contributed by atoms with Gasteiger partial charge >= 0.3 is 0 Å².